The molecule has 0 aromatic rings. The van der Waals surface area contributed by atoms with Gasteiger partial charge in [0.05, 0.1) is 0 Å². The number of rotatable bonds is 24. The van der Waals surface area contributed by atoms with Crippen molar-refractivity contribution < 1.29 is 0 Å². The van der Waals surface area contributed by atoms with Gasteiger partial charge in [-0.1, -0.05) is 143 Å². The number of hydrogen-bond donors (Lipinski definition) is 0. The Labute approximate surface area is 191 Å². The van der Waals surface area contributed by atoms with Crippen LogP contribution in [0, 0.1) is 0 Å². The van der Waals surface area contributed by atoms with E-state index in [1.54, 1.807) is 0 Å². The van der Waals surface area contributed by atoms with Crippen molar-refractivity contribution in [3.8, 4) is 0 Å². The van der Waals surface area contributed by atoms with Crippen LogP contribution in [-0.2, 0) is 0 Å². The smallest absolute Gasteiger partial charge is 0.00497 e. The maximum absolute atomic E-state index is 2.39. The molecule has 2 atom stereocenters. The average molecular weight is 427 g/mol. The lowest BCUT2D eigenvalue weighted by atomic mass is 10.0. The fourth-order valence-electron chi connectivity index (χ4n) is 4.49. The van der Waals surface area contributed by atoms with Crippen LogP contribution in [0.2, 0.25) is 0 Å². The molecule has 1 heteroatoms. The minimum atomic E-state index is 0.936. The molecule has 29 heavy (non-hydrogen) atoms. The molecule has 176 valence electrons. The van der Waals surface area contributed by atoms with Gasteiger partial charge in [-0.2, -0.15) is 11.8 Å². The summed E-state index contributed by atoms with van der Waals surface area (Å²) in [6.45, 7) is 9.39. The van der Waals surface area contributed by atoms with Crippen molar-refractivity contribution in [3.63, 3.8) is 0 Å². The van der Waals surface area contributed by atoms with Gasteiger partial charge in [-0.05, 0) is 25.7 Å². The number of hydrogen-bond acceptors (Lipinski definition) is 1. The third-order valence-corrected chi connectivity index (χ3v) is 8.08. The Bertz CT molecular complexity index is 260. The second-order valence-corrected chi connectivity index (χ2v) is 11.1. The molecular formula is C28H58S. The van der Waals surface area contributed by atoms with Gasteiger partial charge < -0.3 is 0 Å². The highest BCUT2D eigenvalue weighted by atomic mass is 32.2. The first-order valence-corrected chi connectivity index (χ1v) is 14.9. The summed E-state index contributed by atoms with van der Waals surface area (Å²) in [6.07, 6.45) is 31.8. The highest BCUT2D eigenvalue weighted by Gasteiger charge is 2.16. The molecule has 0 amide bonds. The van der Waals surface area contributed by atoms with E-state index >= 15 is 0 Å². The predicted molar refractivity (Wildman–Crippen MR) is 139 cm³/mol. The summed E-state index contributed by atoms with van der Waals surface area (Å²) < 4.78 is 0. The first-order valence-electron chi connectivity index (χ1n) is 13.9. The molecule has 0 saturated carbocycles. The second-order valence-electron chi connectivity index (χ2n) is 9.48. The summed E-state index contributed by atoms with van der Waals surface area (Å²) >= 11 is 2.39. The van der Waals surface area contributed by atoms with E-state index in [4.69, 9.17) is 0 Å². The van der Waals surface area contributed by atoms with Crippen LogP contribution in [0.3, 0.4) is 0 Å². The lowest BCUT2D eigenvalue weighted by Crippen LogP contribution is -2.12. The molecule has 0 rings (SSSR count). The Balaban J connectivity index is 3.92. The van der Waals surface area contributed by atoms with Crippen LogP contribution < -0.4 is 0 Å². The lowest BCUT2D eigenvalue weighted by Gasteiger charge is -2.23. The van der Waals surface area contributed by atoms with Crippen LogP contribution in [-0.4, -0.2) is 10.5 Å². The topological polar surface area (TPSA) is 0 Å². The summed E-state index contributed by atoms with van der Waals surface area (Å²) in [4.78, 5) is 0. The fourth-order valence-corrected chi connectivity index (χ4v) is 6.38. The Kier molecular flexibility index (Phi) is 24.9. The van der Waals surface area contributed by atoms with Crippen LogP contribution in [0.1, 0.15) is 169 Å². The van der Waals surface area contributed by atoms with Crippen LogP contribution in [0.4, 0.5) is 0 Å². The maximum Gasteiger partial charge on any atom is 0.00497 e. The van der Waals surface area contributed by atoms with E-state index in [9.17, 15) is 0 Å². The zero-order chi connectivity index (χ0) is 21.4. The van der Waals surface area contributed by atoms with Crippen molar-refractivity contribution in [1.29, 1.82) is 0 Å². The molecule has 0 nitrogen and oxygen atoms in total. The molecule has 0 spiro atoms. The minimum Gasteiger partial charge on any atom is -0.155 e. The van der Waals surface area contributed by atoms with Crippen LogP contribution in [0.5, 0.6) is 0 Å². The van der Waals surface area contributed by atoms with Crippen molar-refractivity contribution in [2.45, 2.75) is 179 Å². The van der Waals surface area contributed by atoms with Crippen molar-refractivity contribution >= 4 is 11.8 Å². The van der Waals surface area contributed by atoms with Gasteiger partial charge in [0.1, 0.15) is 0 Å². The molecule has 0 aromatic heterocycles. The molecule has 0 radical (unpaired) electrons. The summed E-state index contributed by atoms with van der Waals surface area (Å²) in [5.41, 5.74) is 0. The highest BCUT2D eigenvalue weighted by Crippen LogP contribution is 2.32. The summed E-state index contributed by atoms with van der Waals surface area (Å²) in [7, 11) is 0. The Morgan fingerprint density at radius 3 is 0.966 bits per heavy atom. The van der Waals surface area contributed by atoms with Gasteiger partial charge in [-0.3, -0.25) is 0 Å². The van der Waals surface area contributed by atoms with Gasteiger partial charge in [0.2, 0.25) is 0 Å². The molecule has 0 aliphatic heterocycles. The molecule has 0 N–H and O–H groups in total. The molecule has 0 bridgehead atoms. The van der Waals surface area contributed by atoms with Crippen molar-refractivity contribution in [1.82, 2.24) is 0 Å². The van der Waals surface area contributed by atoms with Gasteiger partial charge in [0.25, 0.3) is 0 Å². The van der Waals surface area contributed by atoms with Gasteiger partial charge in [-0.25, -0.2) is 0 Å². The molecule has 0 heterocycles. The fraction of sp³-hybridized carbons (Fsp3) is 1.00. The van der Waals surface area contributed by atoms with E-state index in [0.717, 1.165) is 10.5 Å². The van der Waals surface area contributed by atoms with Gasteiger partial charge >= 0.3 is 0 Å². The van der Waals surface area contributed by atoms with E-state index in [2.05, 4.69) is 39.5 Å². The predicted octanol–water partition coefficient (Wildman–Crippen LogP) is 11.1. The molecule has 2 unspecified atom stereocenters. The van der Waals surface area contributed by atoms with Gasteiger partial charge in [0.15, 0.2) is 0 Å². The summed E-state index contributed by atoms with van der Waals surface area (Å²) in [6, 6.07) is 0. The van der Waals surface area contributed by atoms with Crippen LogP contribution in [0.25, 0.3) is 0 Å². The molecular weight excluding hydrogens is 368 g/mol. The summed E-state index contributed by atoms with van der Waals surface area (Å²) in [5, 5.41) is 1.87. The first-order chi connectivity index (χ1) is 14.3. The van der Waals surface area contributed by atoms with Gasteiger partial charge in [0, 0.05) is 10.5 Å². The van der Waals surface area contributed by atoms with Gasteiger partial charge in [-0.15, -0.1) is 0 Å². The normalized spacial score (nSPS) is 13.7. The molecule has 0 aliphatic rings. The summed E-state index contributed by atoms with van der Waals surface area (Å²) in [5.74, 6) is 0. The van der Waals surface area contributed by atoms with Crippen LogP contribution >= 0.6 is 11.8 Å². The number of thioether (sulfide) groups is 1. The Morgan fingerprint density at radius 1 is 0.345 bits per heavy atom. The first kappa shape index (κ1) is 29.4. The highest BCUT2D eigenvalue weighted by molar-refractivity contribution is 8.00. The van der Waals surface area contributed by atoms with E-state index in [1.807, 2.05) is 0 Å². The number of unbranched alkanes of at least 4 members (excludes halogenated alkanes) is 14. The largest absolute Gasteiger partial charge is 0.155 e. The van der Waals surface area contributed by atoms with E-state index in [0.29, 0.717) is 0 Å². The van der Waals surface area contributed by atoms with E-state index < -0.39 is 0 Å². The van der Waals surface area contributed by atoms with E-state index in [-0.39, 0.29) is 0 Å². The monoisotopic (exact) mass is 426 g/mol. The average Bonchev–Trinajstić information content (AvgIpc) is 2.72. The SMILES string of the molecule is CCCCCCCCCCC(CCC)SC(CCC)CCCCCCCCCC. The standard InChI is InChI=1S/C28H58S/c1-5-9-11-13-15-17-19-21-25-27(23-7-3)29-28(24-8-4)26-22-20-18-16-14-12-10-6-2/h27-28H,5-26H2,1-4H3. The van der Waals surface area contributed by atoms with Crippen molar-refractivity contribution in [2.24, 2.45) is 0 Å². The zero-order valence-electron chi connectivity index (χ0n) is 21.1. The molecule has 0 fully saturated rings. The molecule has 0 saturated heterocycles. The Hall–Kier alpha value is 0.350. The third-order valence-electron chi connectivity index (χ3n) is 6.37. The zero-order valence-corrected chi connectivity index (χ0v) is 21.9. The Morgan fingerprint density at radius 2 is 0.655 bits per heavy atom. The lowest BCUT2D eigenvalue weighted by molar-refractivity contribution is 0.543. The molecule has 0 aromatic carbocycles. The third kappa shape index (κ3) is 21.4. The quantitative estimate of drug-likeness (QED) is 0.138. The minimum absolute atomic E-state index is 0.936. The maximum atomic E-state index is 2.39. The van der Waals surface area contributed by atoms with E-state index in [1.165, 1.54) is 141 Å². The second kappa shape index (κ2) is 24.6. The molecule has 0 aliphatic carbocycles. The van der Waals surface area contributed by atoms with Crippen molar-refractivity contribution in [2.75, 3.05) is 0 Å². The van der Waals surface area contributed by atoms with Crippen LogP contribution in [0.15, 0.2) is 0 Å². The van der Waals surface area contributed by atoms with Crippen molar-refractivity contribution in [3.05, 3.63) is 0 Å².